The van der Waals surface area contributed by atoms with Crippen LogP contribution in [0.2, 0.25) is 0 Å². The highest BCUT2D eigenvalue weighted by Gasteiger charge is 2.35. The first-order valence-corrected chi connectivity index (χ1v) is 9.89. The zero-order chi connectivity index (χ0) is 21.6. The number of aliphatic hydroxyl groups excluding tert-OH is 1. The molecule has 0 bridgehead atoms. The van der Waals surface area contributed by atoms with Crippen molar-refractivity contribution in [2.24, 2.45) is 17.8 Å². The molecule has 0 unspecified atom stereocenters. The minimum atomic E-state index is -0.574. The summed E-state index contributed by atoms with van der Waals surface area (Å²) in [7, 11) is 0. The number of hydrogen-bond acceptors (Lipinski definition) is 5. The van der Waals surface area contributed by atoms with Gasteiger partial charge >= 0.3 is 0 Å². The largest absolute Gasteiger partial charge is 0.505 e. The summed E-state index contributed by atoms with van der Waals surface area (Å²) < 4.78 is 4.98. The van der Waals surface area contributed by atoms with Crippen molar-refractivity contribution < 1.29 is 24.2 Å². The summed E-state index contributed by atoms with van der Waals surface area (Å²) in [6.45, 7) is 8.08. The quantitative estimate of drug-likeness (QED) is 0.461. The summed E-state index contributed by atoms with van der Waals surface area (Å²) in [4.78, 5) is 35.6. The van der Waals surface area contributed by atoms with Crippen LogP contribution >= 0.6 is 0 Å². The Kier molecular flexibility index (Phi) is 7.76. The lowest BCUT2D eigenvalue weighted by Gasteiger charge is -2.23. The second-order valence-electron chi connectivity index (χ2n) is 7.90. The standard InChI is InChI=1S/C23H29NO5/c1-14(10-15(2)17(4)29-13-25)11-16(3)21(26)20-22(27)19(24-23(20)28)12-18-8-6-5-7-9-18/h5-9,12-17,27H,10-11H2,1-4H3,(H,24,28)/b19-12-/t14-,15-,16+,17+/m1/s1. The molecular formula is C23H29NO5. The van der Waals surface area contributed by atoms with Gasteiger partial charge in [0.05, 0.1) is 5.70 Å². The zero-order valence-corrected chi connectivity index (χ0v) is 17.3. The van der Waals surface area contributed by atoms with Gasteiger partial charge in [-0.2, -0.15) is 0 Å². The van der Waals surface area contributed by atoms with E-state index in [0.29, 0.717) is 12.9 Å². The number of ketones is 1. The van der Waals surface area contributed by atoms with Gasteiger partial charge in [-0.3, -0.25) is 14.4 Å². The fourth-order valence-electron chi connectivity index (χ4n) is 3.64. The third kappa shape index (κ3) is 5.79. The first kappa shape index (κ1) is 22.4. The third-order valence-corrected chi connectivity index (χ3v) is 5.37. The maximum Gasteiger partial charge on any atom is 0.293 e. The lowest BCUT2D eigenvalue weighted by molar-refractivity contribution is -0.135. The van der Waals surface area contributed by atoms with E-state index in [1.54, 1.807) is 13.0 Å². The molecule has 0 aliphatic carbocycles. The van der Waals surface area contributed by atoms with Crippen molar-refractivity contribution in [3.63, 3.8) is 0 Å². The highest BCUT2D eigenvalue weighted by Crippen LogP contribution is 2.28. The van der Waals surface area contributed by atoms with Gasteiger partial charge in [0.15, 0.2) is 11.5 Å². The Morgan fingerprint density at radius 2 is 1.79 bits per heavy atom. The molecule has 1 aliphatic rings. The van der Waals surface area contributed by atoms with Crippen LogP contribution in [0, 0.1) is 17.8 Å². The van der Waals surface area contributed by atoms with Gasteiger partial charge in [0.25, 0.3) is 12.4 Å². The Morgan fingerprint density at radius 1 is 1.14 bits per heavy atom. The Bertz CT molecular complexity index is 812. The van der Waals surface area contributed by atoms with Gasteiger partial charge in [-0.1, -0.05) is 51.1 Å². The summed E-state index contributed by atoms with van der Waals surface area (Å²) in [6, 6.07) is 9.25. The molecule has 0 saturated heterocycles. The molecule has 156 valence electrons. The number of aliphatic hydroxyl groups is 1. The molecule has 6 nitrogen and oxygen atoms in total. The van der Waals surface area contributed by atoms with Crippen LogP contribution in [-0.4, -0.2) is 29.4 Å². The number of carbonyl (C=O) groups is 3. The fourth-order valence-corrected chi connectivity index (χ4v) is 3.64. The van der Waals surface area contributed by atoms with Crippen molar-refractivity contribution in [2.75, 3.05) is 0 Å². The molecule has 0 spiro atoms. The van der Waals surface area contributed by atoms with Crippen molar-refractivity contribution in [3.05, 3.63) is 52.9 Å². The van der Waals surface area contributed by atoms with Crippen molar-refractivity contribution in [2.45, 2.75) is 46.6 Å². The number of amides is 1. The molecule has 1 amide bonds. The number of hydrogen-bond donors (Lipinski definition) is 2. The summed E-state index contributed by atoms with van der Waals surface area (Å²) in [5.41, 5.74) is 0.862. The van der Waals surface area contributed by atoms with E-state index in [2.05, 4.69) is 5.32 Å². The average molecular weight is 399 g/mol. The van der Waals surface area contributed by atoms with E-state index in [0.717, 1.165) is 12.0 Å². The topological polar surface area (TPSA) is 92.7 Å². The van der Waals surface area contributed by atoms with Crippen molar-refractivity contribution in [3.8, 4) is 0 Å². The normalized spacial score (nSPS) is 19.4. The van der Waals surface area contributed by atoms with Gasteiger partial charge < -0.3 is 15.2 Å². The van der Waals surface area contributed by atoms with E-state index in [-0.39, 0.29) is 40.8 Å². The summed E-state index contributed by atoms with van der Waals surface area (Å²) in [5, 5.41) is 13.0. The number of nitrogens with one attached hydrogen (secondary N) is 1. The van der Waals surface area contributed by atoms with Crippen LogP contribution in [-0.2, 0) is 19.1 Å². The SMILES string of the molecule is C[C@H](C[C@@H](C)[C@H](C)OC=O)C[C@H](C)C(=O)C1=C(O)/C(=C/c2ccccc2)NC1=O. The van der Waals surface area contributed by atoms with E-state index < -0.39 is 11.8 Å². The number of benzene rings is 1. The first-order valence-electron chi connectivity index (χ1n) is 9.89. The lowest BCUT2D eigenvalue weighted by atomic mass is 9.84. The average Bonchev–Trinajstić information content (AvgIpc) is 2.95. The van der Waals surface area contributed by atoms with Crippen LogP contribution in [0.15, 0.2) is 47.4 Å². The third-order valence-electron chi connectivity index (χ3n) is 5.37. The molecule has 6 heteroatoms. The van der Waals surface area contributed by atoms with Crippen LogP contribution < -0.4 is 5.32 Å². The maximum atomic E-state index is 12.8. The van der Waals surface area contributed by atoms with Crippen LogP contribution in [0.1, 0.15) is 46.1 Å². The van der Waals surface area contributed by atoms with Gasteiger partial charge in [0, 0.05) is 5.92 Å². The summed E-state index contributed by atoms with van der Waals surface area (Å²) in [6.07, 6.45) is 2.79. The molecule has 1 aromatic rings. The smallest absolute Gasteiger partial charge is 0.293 e. The molecule has 4 atom stereocenters. The predicted octanol–water partition coefficient (Wildman–Crippen LogP) is 3.79. The Hall–Kier alpha value is -2.89. The van der Waals surface area contributed by atoms with Crippen LogP contribution in [0.25, 0.3) is 6.08 Å². The van der Waals surface area contributed by atoms with Gasteiger partial charge in [-0.05, 0) is 43.2 Å². The van der Waals surface area contributed by atoms with E-state index >= 15 is 0 Å². The molecule has 0 aromatic heterocycles. The first-order chi connectivity index (χ1) is 13.7. The minimum Gasteiger partial charge on any atom is -0.505 e. The number of Topliss-reactive ketones (excluding diaryl/α,β-unsaturated/α-hetero) is 1. The molecular weight excluding hydrogens is 370 g/mol. The molecule has 2 rings (SSSR count). The zero-order valence-electron chi connectivity index (χ0n) is 17.3. The molecule has 29 heavy (non-hydrogen) atoms. The fraction of sp³-hybridized carbons (Fsp3) is 0.435. The van der Waals surface area contributed by atoms with E-state index in [1.807, 2.05) is 51.1 Å². The maximum absolute atomic E-state index is 12.8. The van der Waals surface area contributed by atoms with E-state index in [1.165, 1.54) is 0 Å². The van der Waals surface area contributed by atoms with Crippen LogP contribution in [0.5, 0.6) is 0 Å². The van der Waals surface area contributed by atoms with Crippen LogP contribution in [0.3, 0.4) is 0 Å². The van der Waals surface area contributed by atoms with Gasteiger partial charge in [-0.25, -0.2) is 0 Å². The summed E-state index contributed by atoms with van der Waals surface area (Å²) in [5.74, 6) is -1.32. The molecule has 0 fully saturated rings. The van der Waals surface area contributed by atoms with Crippen LogP contribution in [0.4, 0.5) is 0 Å². The Labute approximate surface area is 171 Å². The number of ether oxygens (including phenoxy) is 1. The van der Waals surface area contributed by atoms with Gasteiger partial charge in [0.1, 0.15) is 11.7 Å². The second-order valence-corrected chi connectivity index (χ2v) is 7.90. The summed E-state index contributed by atoms with van der Waals surface area (Å²) >= 11 is 0. The minimum absolute atomic E-state index is 0.153. The number of rotatable bonds is 10. The lowest BCUT2D eigenvalue weighted by Crippen LogP contribution is -2.26. The Morgan fingerprint density at radius 3 is 2.41 bits per heavy atom. The predicted molar refractivity (Wildman–Crippen MR) is 111 cm³/mol. The van der Waals surface area contributed by atoms with Gasteiger partial charge in [0.2, 0.25) is 0 Å². The van der Waals surface area contributed by atoms with E-state index in [4.69, 9.17) is 4.74 Å². The second kappa shape index (κ2) is 10.0. The van der Waals surface area contributed by atoms with Gasteiger partial charge in [-0.15, -0.1) is 0 Å². The molecule has 0 saturated carbocycles. The molecule has 1 aliphatic heterocycles. The molecule has 0 radical (unpaired) electrons. The molecule has 1 aromatic carbocycles. The number of carbonyl (C=O) groups excluding carboxylic acids is 3. The van der Waals surface area contributed by atoms with Crippen molar-refractivity contribution in [1.82, 2.24) is 5.32 Å². The Balaban J connectivity index is 2.06. The van der Waals surface area contributed by atoms with E-state index in [9.17, 15) is 19.5 Å². The molecule has 1 heterocycles. The van der Waals surface area contributed by atoms with Crippen molar-refractivity contribution in [1.29, 1.82) is 0 Å². The van der Waals surface area contributed by atoms with Crippen molar-refractivity contribution >= 4 is 24.2 Å². The highest BCUT2D eigenvalue weighted by molar-refractivity contribution is 6.23. The molecule has 2 N–H and O–H groups in total. The highest BCUT2D eigenvalue weighted by atomic mass is 16.5. The monoisotopic (exact) mass is 399 g/mol.